The van der Waals surface area contributed by atoms with Crippen LogP contribution in [0.2, 0.25) is 0 Å². The third-order valence-electron chi connectivity index (χ3n) is 2.74. The maximum Gasteiger partial charge on any atom is 0.224 e. The van der Waals surface area contributed by atoms with E-state index in [2.05, 4.69) is 5.32 Å². The molecular formula is C13H18N2O3. The highest BCUT2D eigenvalue weighted by Crippen LogP contribution is 2.16. The summed E-state index contributed by atoms with van der Waals surface area (Å²) in [6.07, 6.45) is 0.0709. The van der Waals surface area contributed by atoms with Crippen LogP contribution in [0.3, 0.4) is 0 Å². The van der Waals surface area contributed by atoms with Crippen LogP contribution in [-0.4, -0.2) is 23.5 Å². The molecule has 0 aromatic heterocycles. The highest BCUT2D eigenvalue weighted by Gasteiger charge is 2.25. The van der Waals surface area contributed by atoms with E-state index in [1.165, 1.54) is 6.07 Å². The Bertz CT molecular complexity index is 455. The minimum absolute atomic E-state index is 0.0709. The van der Waals surface area contributed by atoms with Gasteiger partial charge in [0.1, 0.15) is 5.75 Å². The molecule has 1 aromatic rings. The quantitative estimate of drug-likeness (QED) is 0.713. The number of amides is 2. The Hall–Kier alpha value is -2.04. The fourth-order valence-corrected chi connectivity index (χ4v) is 1.30. The van der Waals surface area contributed by atoms with Crippen molar-refractivity contribution in [1.29, 1.82) is 0 Å². The molecule has 5 heteroatoms. The Morgan fingerprint density at radius 2 is 1.94 bits per heavy atom. The van der Waals surface area contributed by atoms with Crippen molar-refractivity contribution in [2.24, 2.45) is 11.1 Å². The van der Waals surface area contributed by atoms with E-state index in [1.807, 2.05) is 0 Å². The lowest BCUT2D eigenvalue weighted by molar-refractivity contribution is -0.126. The third kappa shape index (κ3) is 3.76. The van der Waals surface area contributed by atoms with Crippen molar-refractivity contribution in [1.82, 2.24) is 5.32 Å². The average Bonchev–Trinajstić information content (AvgIpc) is 2.29. The number of hydrogen-bond acceptors (Lipinski definition) is 3. The van der Waals surface area contributed by atoms with Crippen molar-refractivity contribution in [2.75, 3.05) is 6.54 Å². The Balaban J connectivity index is 2.54. The van der Waals surface area contributed by atoms with E-state index < -0.39 is 11.3 Å². The zero-order chi connectivity index (χ0) is 13.8. The second-order valence-corrected chi connectivity index (χ2v) is 4.83. The van der Waals surface area contributed by atoms with E-state index in [9.17, 15) is 14.7 Å². The van der Waals surface area contributed by atoms with Gasteiger partial charge in [0.25, 0.3) is 0 Å². The first-order valence-corrected chi connectivity index (χ1v) is 5.66. The molecule has 0 bridgehead atoms. The molecule has 98 valence electrons. The van der Waals surface area contributed by atoms with Crippen LogP contribution < -0.4 is 11.1 Å². The van der Waals surface area contributed by atoms with Crippen LogP contribution in [0.4, 0.5) is 0 Å². The average molecular weight is 250 g/mol. The lowest BCUT2D eigenvalue weighted by Gasteiger charge is -2.20. The van der Waals surface area contributed by atoms with Crippen molar-refractivity contribution in [2.45, 2.75) is 20.3 Å². The van der Waals surface area contributed by atoms with Gasteiger partial charge in [0, 0.05) is 12.1 Å². The molecule has 2 amide bonds. The highest BCUT2D eigenvalue weighted by atomic mass is 16.3. The van der Waals surface area contributed by atoms with Gasteiger partial charge in [0.05, 0.1) is 11.8 Å². The van der Waals surface area contributed by atoms with E-state index in [0.717, 1.165) is 0 Å². The molecule has 0 aliphatic carbocycles. The van der Waals surface area contributed by atoms with E-state index in [1.54, 1.807) is 32.0 Å². The van der Waals surface area contributed by atoms with E-state index in [4.69, 9.17) is 5.73 Å². The lowest BCUT2D eigenvalue weighted by Crippen LogP contribution is -2.42. The van der Waals surface area contributed by atoms with E-state index in [0.29, 0.717) is 5.56 Å². The van der Waals surface area contributed by atoms with E-state index >= 15 is 0 Å². The smallest absolute Gasteiger partial charge is 0.224 e. The molecule has 1 aromatic carbocycles. The topological polar surface area (TPSA) is 92.4 Å². The number of phenolic OH excluding ortho intramolecular Hbond substituents is 1. The summed E-state index contributed by atoms with van der Waals surface area (Å²) in [7, 11) is 0. The molecule has 0 fully saturated rings. The Labute approximate surface area is 106 Å². The van der Waals surface area contributed by atoms with Gasteiger partial charge in [-0.25, -0.2) is 0 Å². The molecular weight excluding hydrogens is 232 g/mol. The second kappa shape index (κ2) is 5.53. The van der Waals surface area contributed by atoms with Crippen LogP contribution >= 0.6 is 0 Å². The number of para-hydroxylation sites is 1. The zero-order valence-electron chi connectivity index (χ0n) is 10.6. The minimum Gasteiger partial charge on any atom is -0.508 e. The minimum atomic E-state index is -0.783. The Morgan fingerprint density at radius 1 is 1.33 bits per heavy atom. The van der Waals surface area contributed by atoms with Gasteiger partial charge < -0.3 is 16.2 Å². The molecule has 1 rings (SSSR count). The fourth-order valence-electron chi connectivity index (χ4n) is 1.30. The molecule has 18 heavy (non-hydrogen) atoms. The van der Waals surface area contributed by atoms with Crippen LogP contribution in [0.5, 0.6) is 5.75 Å². The highest BCUT2D eigenvalue weighted by molar-refractivity contribution is 5.83. The largest absolute Gasteiger partial charge is 0.508 e. The number of aromatic hydroxyl groups is 1. The van der Waals surface area contributed by atoms with Crippen LogP contribution in [0.1, 0.15) is 19.4 Å². The monoisotopic (exact) mass is 250 g/mol. The molecule has 4 N–H and O–H groups in total. The second-order valence-electron chi connectivity index (χ2n) is 4.83. The molecule has 0 aliphatic rings. The van der Waals surface area contributed by atoms with Crippen molar-refractivity contribution in [3.8, 4) is 5.75 Å². The number of nitrogens with two attached hydrogens (primary N) is 1. The number of phenols is 1. The molecule has 0 aliphatic heterocycles. The molecule has 0 heterocycles. The summed E-state index contributed by atoms with van der Waals surface area (Å²) < 4.78 is 0. The maximum absolute atomic E-state index is 11.7. The molecule has 0 atom stereocenters. The first kappa shape index (κ1) is 14.0. The number of primary amides is 1. The van der Waals surface area contributed by atoms with Crippen LogP contribution in [-0.2, 0) is 16.0 Å². The zero-order valence-corrected chi connectivity index (χ0v) is 10.6. The van der Waals surface area contributed by atoms with Gasteiger partial charge in [-0.05, 0) is 19.9 Å². The molecule has 0 radical (unpaired) electrons. The first-order valence-electron chi connectivity index (χ1n) is 5.66. The lowest BCUT2D eigenvalue weighted by atomic mass is 9.92. The summed E-state index contributed by atoms with van der Waals surface area (Å²) in [5, 5.41) is 12.2. The van der Waals surface area contributed by atoms with Gasteiger partial charge in [-0.3, -0.25) is 9.59 Å². The SMILES string of the molecule is CC(C)(CNC(=O)Cc1ccccc1O)C(N)=O. The predicted octanol–water partition coefficient (Wildman–Crippen LogP) is 0.562. The number of rotatable bonds is 5. The van der Waals surface area contributed by atoms with Gasteiger partial charge in [-0.15, -0.1) is 0 Å². The Morgan fingerprint density at radius 3 is 2.50 bits per heavy atom. The third-order valence-corrected chi connectivity index (χ3v) is 2.74. The van der Waals surface area contributed by atoms with Crippen LogP contribution in [0, 0.1) is 5.41 Å². The molecule has 0 spiro atoms. The van der Waals surface area contributed by atoms with Gasteiger partial charge in [0.2, 0.25) is 11.8 Å². The molecule has 0 saturated carbocycles. The number of carbonyl (C=O) groups excluding carboxylic acids is 2. The van der Waals surface area contributed by atoms with Gasteiger partial charge >= 0.3 is 0 Å². The normalized spacial score (nSPS) is 11.0. The van der Waals surface area contributed by atoms with Crippen molar-refractivity contribution >= 4 is 11.8 Å². The summed E-state index contributed by atoms with van der Waals surface area (Å²) in [6, 6.07) is 6.63. The number of benzene rings is 1. The van der Waals surface area contributed by atoms with Gasteiger partial charge in [0.15, 0.2) is 0 Å². The summed E-state index contributed by atoms with van der Waals surface area (Å²) >= 11 is 0. The van der Waals surface area contributed by atoms with Gasteiger partial charge in [-0.2, -0.15) is 0 Å². The molecule has 0 unspecified atom stereocenters. The molecule has 5 nitrogen and oxygen atoms in total. The first-order chi connectivity index (χ1) is 8.33. The number of nitrogens with one attached hydrogen (secondary N) is 1. The fraction of sp³-hybridized carbons (Fsp3) is 0.385. The summed E-state index contributed by atoms with van der Waals surface area (Å²) in [6.45, 7) is 3.50. The number of hydrogen-bond donors (Lipinski definition) is 3. The van der Waals surface area contributed by atoms with Gasteiger partial charge in [-0.1, -0.05) is 18.2 Å². The summed E-state index contributed by atoms with van der Waals surface area (Å²) in [4.78, 5) is 22.7. The summed E-state index contributed by atoms with van der Waals surface area (Å²) in [5.41, 5.74) is 4.97. The maximum atomic E-state index is 11.7. The predicted molar refractivity (Wildman–Crippen MR) is 67.8 cm³/mol. The summed E-state index contributed by atoms with van der Waals surface area (Å²) in [5.74, 6) is -0.641. The molecule has 0 saturated heterocycles. The van der Waals surface area contributed by atoms with Crippen LogP contribution in [0.25, 0.3) is 0 Å². The van der Waals surface area contributed by atoms with E-state index in [-0.39, 0.29) is 24.6 Å². The Kier molecular flexibility index (Phi) is 4.31. The number of carbonyl (C=O) groups is 2. The van der Waals surface area contributed by atoms with Crippen molar-refractivity contribution in [3.05, 3.63) is 29.8 Å². The standard InChI is InChI=1S/C13H18N2O3/c1-13(2,12(14)18)8-15-11(17)7-9-5-3-4-6-10(9)16/h3-6,16H,7-8H2,1-2H3,(H2,14,18)(H,15,17). The van der Waals surface area contributed by atoms with Crippen molar-refractivity contribution < 1.29 is 14.7 Å². The van der Waals surface area contributed by atoms with Crippen molar-refractivity contribution in [3.63, 3.8) is 0 Å². The van der Waals surface area contributed by atoms with Crippen LogP contribution in [0.15, 0.2) is 24.3 Å².